The first-order valence-corrected chi connectivity index (χ1v) is 15.6. The highest BCUT2D eigenvalue weighted by atomic mass is 16.4. The van der Waals surface area contributed by atoms with Gasteiger partial charge in [-0.25, -0.2) is 9.78 Å². The number of aliphatic carboxylic acids is 1. The van der Waals surface area contributed by atoms with E-state index in [1.807, 2.05) is 61.7 Å². The van der Waals surface area contributed by atoms with Crippen molar-refractivity contribution < 1.29 is 24.3 Å². The summed E-state index contributed by atoms with van der Waals surface area (Å²) in [6.07, 6.45) is 7.43. The minimum absolute atomic E-state index is 0.0451. The minimum Gasteiger partial charge on any atom is -0.480 e. The van der Waals surface area contributed by atoms with Gasteiger partial charge < -0.3 is 41.7 Å². The molecule has 0 saturated carbocycles. The van der Waals surface area contributed by atoms with E-state index < -0.39 is 47.9 Å². The molecule has 3 amide bonds. The molecule has 3 heterocycles. The zero-order valence-corrected chi connectivity index (χ0v) is 26.2. The first kappa shape index (κ1) is 32.9. The lowest BCUT2D eigenvalue weighted by Gasteiger charge is -2.26. The third kappa shape index (κ3) is 7.87. The molecule has 0 bridgehead atoms. The van der Waals surface area contributed by atoms with Gasteiger partial charge in [0.1, 0.15) is 18.1 Å². The van der Waals surface area contributed by atoms with Crippen LogP contribution in [0.25, 0.3) is 21.8 Å². The summed E-state index contributed by atoms with van der Waals surface area (Å²) < 4.78 is 0. The van der Waals surface area contributed by atoms with Gasteiger partial charge in [-0.05, 0) is 35.6 Å². The lowest BCUT2D eigenvalue weighted by Crippen LogP contribution is -2.58. The molecule has 0 spiro atoms. The maximum Gasteiger partial charge on any atom is 0.326 e. The number of rotatable bonds is 15. The van der Waals surface area contributed by atoms with Crippen LogP contribution in [-0.4, -0.2) is 72.9 Å². The second-order valence-corrected chi connectivity index (χ2v) is 11.8. The van der Waals surface area contributed by atoms with Crippen LogP contribution in [0.3, 0.4) is 0 Å². The molecule has 0 aliphatic heterocycles. The standard InChI is InChI=1S/C34H40N8O5/c1-3-19(2)30(34(46)47)42-33(45)28(13-21-16-38-27-11-7-5-9-24(21)27)41-32(44)29(14-22-17-36-18-39-22)40-31(43)25(35)12-20-15-37-26-10-6-4-8-23(20)26/h4-11,15-19,25,28-30,37-38H,3,12-14,35H2,1-2H3,(H,36,39)(H,40,43)(H,41,44)(H,42,45)(H,46,47). The van der Waals surface area contributed by atoms with Crippen LogP contribution in [-0.2, 0) is 38.4 Å². The van der Waals surface area contributed by atoms with Crippen LogP contribution in [0.15, 0.2) is 73.4 Å². The van der Waals surface area contributed by atoms with E-state index in [1.54, 1.807) is 13.1 Å². The van der Waals surface area contributed by atoms with E-state index in [1.165, 1.54) is 12.5 Å². The summed E-state index contributed by atoms with van der Waals surface area (Å²) in [6.45, 7) is 3.58. The van der Waals surface area contributed by atoms with Crippen molar-refractivity contribution in [2.75, 3.05) is 0 Å². The number of fused-ring (bicyclic) bond motifs is 2. The van der Waals surface area contributed by atoms with E-state index in [-0.39, 0.29) is 25.2 Å². The Morgan fingerprint density at radius 3 is 1.91 bits per heavy atom. The van der Waals surface area contributed by atoms with Crippen LogP contribution >= 0.6 is 0 Å². The van der Waals surface area contributed by atoms with E-state index in [0.29, 0.717) is 12.1 Å². The molecule has 3 aromatic heterocycles. The first-order chi connectivity index (χ1) is 22.6. The van der Waals surface area contributed by atoms with Gasteiger partial charge in [-0.2, -0.15) is 0 Å². The van der Waals surface area contributed by atoms with Gasteiger partial charge in [0.15, 0.2) is 0 Å². The number of aromatic nitrogens is 4. The number of nitrogens with one attached hydrogen (secondary N) is 6. The third-order valence-electron chi connectivity index (χ3n) is 8.57. The number of aromatic amines is 3. The molecule has 47 heavy (non-hydrogen) atoms. The molecule has 2 aromatic carbocycles. The summed E-state index contributed by atoms with van der Waals surface area (Å²) in [5.74, 6) is -3.36. The summed E-state index contributed by atoms with van der Waals surface area (Å²) >= 11 is 0. The molecular weight excluding hydrogens is 600 g/mol. The maximum absolute atomic E-state index is 13.9. The second-order valence-electron chi connectivity index (χ2n) is 11.8. The van der Waals surface area contributed by atoms with Gasteiger partial charge in [0.25, 0.3) is 0 Å². The predicted octanol–water partition coefficient (Wildman–Crippen LogP) is 2.31. The molecule has 0 aliphatic carbocycles. The Morgan fingerprint density at radius 2 is 1.34 bits per heavy atom. The van der Waals surface area contributed by atoms with Crippen molar-refractivity contribution in [2.45, 2.75) is 63.7 Å². The molecule has 9 N–H and O–H groups in total. The number of amides is 3. The van der Waals surface area contributed by atoms with E-state index in [9.17, 15) is 24.3 Å². The Balaban J connectivity index is 1.37. The van der Waals surface area contributed by atoms with E-state index in [4.69, 9.17) is 5.73 Å². The zero-order chi connectivity index (χ0) is 33.5. The highest BCUT2D eigenvalue weighted by Gasteiger charge is 2.33. The topological polar surface area (TPSA) is 211 Å². The minimum atomic E-state index is -1.17. The molecule has 246 valence electrons. The molecule has 5 unspecified atom stereocenters. The fraction of sp³-hybridized carbons (Fsp3) is 0.324. The Hall–Kier alpha value is -5.43. The smallest absolute Gasteiger partial charge is 0.326 e. The molecule has 0 aliphatic rings. The predicted molar refractivity (Wildman–Crippen MR) is 177 cm³/mol. The van der Waals surface area contributed by atoms with Crippen molar-refractivity contribution in [3.63, 3.8) is 0 Å². The third-order valence-corrected chi connectivity index (χ3v) is 8.57. The number of H-pyrrole nitrogens is 3. The fourth-order valence-electron chi connectivity index (χ4n) is 5.67. The van der Waals surface area contributed by atoms with Crippen molar-refractivity contribution in [1.29, 1.82) is 0 Å². The van der Waals surface area contributed by atoms with Crippen molar-refractivity contribution in [1.82, 2.24) is 35.9 Å². The van der Waals surface area contributed by atoms with Gasteiger partial charge in [0, 0.05) is 58.9 Å². The van der Waals surface area contributed by atoms with Gasteiger partial charge >= 0.3 is 5.97 Å². The Kier molecular flexibility index (Phi) is 10.4. The quantitative estimate of drug-likeness (QED) is 0.0855. The van der Waals surface area contributed by atoms with Crippen LogP contribution < -0.4 is 21.7 Å². The zero-order valence-electron chi connectivity index (χ0n) is 26.2. The SMILES string of the molecule is CCC(C)C(NC(=O)C(Cc1c[nH]c2ccccc12)NC(=O)C(Cc1cnc[nH]1)NC(=O)C(N)Cc1c[nH]c2ccccc12)C(=O)O. The van der Waals surface area contributed by atoms with Gasteiger partial charge in [-0.3, -0.25) is 14.4 Å². The van der Waals surface area contributed by atoms with Crippen LogP contribution in [0.2, 0.25) is 0 Å². The van der Waals surface area contributed by atoms with Crippen molar-refractivity contribution in [2.24, 2.45) is 11.7 Å². The van der Waals surface area contributed by atoms with Crippen molar-refractivity contribution >= 4 is 45.5 Å². The highest BCUT2D eigenvalue weighted by molar-refractivity contribution is 5.95. The normalized spacial score (nSPS) is 14.6. The van der Waals surface area contributed by atoms with E-state index >= 15 is 0 Å². The highest BCUT2D eigenvalue weighted by Crippen LogP contribution is 2.21. The fourth-order valence-corrected chi connectivity index (χ4v) is 5.67. The molecule has 5 aromatic rings. The molecule has 0 radical (unpaired) electrons. The number of carboxylic acid groups (broad SMARTS) is 1. The van der Waals surface area contributed by atoms with E-state index in [2.05, 4.69) is 35.9 Å². The number of carboxylic acids is 1. The number of carbonyl (C=O) groups excluding carboxylic acids is 3. The molecule has 13 nitrogen and oxygen atoms in total. The second kappa shape index (κ2) is 14.8. The van der Waals surface area contributed by atoms with Crippen molar-refractivity contribution in [3.05, 3.63) is 90.3 Å². The molecule has 5 rings (SSSR count). The average molecular weight is 641 g/mol. The Morgan fingerprint density at radius 1 is 0.787 bits per heavy atom. The van der Waals surface area contributed by atoms with Gasteiger partial charge in [0.2, 0.25) is 17.7 Å². The monoisotopic (exact) mass is 640 g/mol. The maximum atomic E-state index is 13.9. The first-order valence-electron chi connectivity index (χ1n) is 15.6. The molecule has 0 saturated heterocycles. The summed E-state index contributed by atoms with van der Waals surface area (Å²) in [6, 6.07) is 10.8. The number of imidazole rings is 1. The van der Waals surface area contributed by atoms with Crippen LogP contribution in [0.1, 0.15) is 37.1 Å². The summed E-state index contributed by atoms with van der Waals surface area (Å²) in [7, 11) is 0. The largest absolute Gasteiger partial charge is 0.480 e. The van der Waals surface area contributed by atoms with E-state index in [0.717, 1.165) is 32.9 Å². The molecular formula is C34H40N8O5. The Labute approximate surface area is 271 Å². The molecule has 5 atom stereocenters. The van der Waals surface area contributed by atoms with Gasteiger partial charge in [-0.15, -0.1) is 0 Å². The number of para-hydroxylation sites is 2. The number of hydrogen-bond donors (Lipinski definition) is 8. The number of carbonyl (C=O) groups is 4. The Bertz CT molecular complexity index is 1850. The van der Waals surface area contributed by atoms with Crippen LogP contribution in [0.4, 0.5) is 0 Å². The molecule has 13 heteroatoms. The van der Waals surface area contributed by atoms with Crippen molar-refractivity contribution in [3.8, 4) is 0 Å². The number of nitrogens with two attached hydrogens (primary N) is 1. The van der Waals surface area contributed by atoms with Gasteiger partial charge in [0.05, 0.1) is 12.4 Å². The number of nitrogens with zero attached hydrogens (tertiary/aromatic N) is 1. The summed E-state index contributed by atoms with van der Waals surface area (Å²) in [4.78, 5) is 66.4. The molecule has 0 fully saturated rings. The average Bonchev–Trinajstić information content (AvgIpc) is 3.83. The van der Waals surface area contributed by atoms with Gasteiger partial charge in [-0.1, -0.05) is 56.7 Å². The lowest BCUT2D eigenvalue weighted by molar-refractivity contribution is -0.143. The van der Waals surface area contributed by atoms with Crippen LogP contribution in [0, 0.1) is 5.92 Å². The number of benzene rings is 2. The summed E-state index contributed by atoms with van der Waals surface area (Å²) in [5, 5.41) is 19.8. The van der Waals surface area contributed by atoms with Crippen LogP contribution in [0.5, 0.6) is 0 Å². The lowest BCUT2D eigenvalue weighted by atomic mass is 9.97. The number of hydrogen-bond acceptors (Lipinski definition) is 6. The summed E-state index contributed by atoms with van der Waals surface area (Å²) in [5.41, 5.74) is 10.3.